The van der Waals surface area contributed by atoms with Gasteiger partial charge in [-0.3, -0.25) is 4.99 Å². The lowest BCUT2D eigenvalue weighted by atomic mass is 10.2. The normalized spacial score (nSPS) is 13.0. The highest BCUT2D eigenvalue weighted by atomic mass is 19.1. The first-order valence-electron chi connectivity index (χ1n) is 8.95. The Morgan fingerprint density at radius 2 is 2.08 bits per heavy atom. The van der Waals surface area contributed by atoms with Gasteiger partial charge in [-0.2, -0.15) is 0 Å². The predicted molar refractivity (Wildman–Crippen MR) is 102 cm³/mol. The molecule has 0 aromatic heterocycles. The molecule has 2 N–H and O–H groups in total. The van der Waals surface area contributed by atoms with Crippen LogP contribution in [0.3, 0.4) is 0 Å². The van der Waals surface area contributed by atoms with E-state index >= 15 is 0 Å². The summed E-state index contributed by atoms with van der Waals surface area (Å²) in [6.07, 6.45) is -0.658. The molecule has 1 aromatic rings. The van der Waals surface area contributed by atoms with Crippen LogP contribution in [0.1, 0.15) is 26.3 Å². The fraction of sp³-hybridized carbons (Fsp3) is 0.632. The van der Waals surface area contributed by atoms with Gasteiger partial charge in [0.25, 0.3) is 0 Å². The molecular weight excluding hydrogens is 337 g/mol. The highest BCUT2D eigenvalue weighted by Gasteiger charge is 2.11. The van der Waals surface area contributed by atoms with Gasteiger partial charge in [0.2, 0.25) is 0 Å². The summed E-state index contributed by atoms with van der Waals surface area (Å²) < 4.78 is 24.2. The van der Waals surface area contributed by atoms with E-state index in [2.05, 4.69) is 24.2 Å². The van der Waals surface area contributed by atoms with Crippen molar-refractivity contribution in [3.8, 4) is 5.75 Å². The van der Waals surface area contributed by atoms with E-state index in [1.165, 1.54) is 13.2 Å². The SMILES string of the molecule is CCNC(=NCC(O)COCC(C)C)N(C)Cc1ccc(OC)c(F)c1. The summed E-state index contributed by atoms with van der Waals surface area (Å²) in [5.41, 5.74) is 0.803. The monoisotopic (exact) mass is 369 g/mol. The molecule has 26 heavy (non-hydrogen) atoms. The topological polar surface area (TPSA) is 66.3 Å². The first-order valence-corrected chi connectivity index (χ1v) is 8.95. The molecule has 0 fully saturated rings. The van der Waals surface area contributed by atoms with Crippen molar-refractivity contribution in [2.75, 3.05) is 40.5 Å². The van der Waals surface area contributed by atoms with E-state index in [-0.39, 0.29) is 18.9 Å². The van der Waals surface area contributed by atoms with Gasteiger partial charge in [-0.25, -0.2) is 4.39 Å². The summed E-state index contributed by atoms with van der Waals surface area (Å²) in [7, 11) is 3.31. The number of nitrogens with zero attached hydrogens (tertiary/aromatic N) is 2. The Kier molecular flexibility index (Phi) is 9.98. The van der Waals surface area contributed by atoms with Crippen molar-refractivity contribution in [1.29, 1.82) is 0 Å². The first-order chi connectivity index (χ1) is 12.4. The standard InChI is InChI=1S/C19H32FN3O3/c1-6-21-19(22-10-16(24)13-26-12-14(2)3)23(4)11-15-7-8-18(25-5)17(20)9-15/h7-9,14,16,24H,6,10-13H2,1-5H3,(H,21,22). The molecule has 0 spiro atoms. The molecule has 1 aromatic carbocycles. The molecule has 1 unspecified atom stereocenters. The zero-order chi connectivity index (χ0) is 19.5. The van der Waals surface area contributed by atoms with Crippen LogP contribution in [0.15, 0.2) is 23.2 Å². The molecule has 148 valence electrons. The van der Waals surface area contributed by atoms with E-state index in [1.54, 1.807) is 6.07 Å². The maximum Gasteiger partial charge on any atom is 0.194 e. The van der Waals surface area contributed by atoms with Gasteiger partial charge >= 0.3 is 0 Å². The highest BCUT2D eigenvalue weighted by Crippen LogP contribution is 2.18. The fourth-order valence-corrected chi connectivity index (χ4v) is 2.31. The number of aliphatic hydroxyl groups is 1. The minimum atomic E-state index is -0.658. The van der Waals surface area contributed by atoms with E-state index in [1.807, 2.05) is 24.9 Å². The summed E-state index contributed by atoms with van der Waals surface area (Å²) in [5.74, 6) is 0.908. The van der Waals surface area contributed by atoms with Crippen LogP contribution >= 0.6 is 0 Å². The molecule has 0 radical (unpaired) electrons. The van der Waals surface area contributed by atoms with Crippen LogP contribution in [0.2, 0.25) is 0 Å². The third-order valence-electron chi connectivity index (χ3n) is 3.55. The summed E-state index contributed by atoms with van der Waals surface area (Å²) >= 11 is 0. The van der Waals surface area contributed by atoms with Crippen molar-refractivity contribution in [3.63, 3.8) is 0 Å². The number of guanidine groups is 1. The minimum Gasteiger partial charge on any atom is -0.494 e. The maximum atomic E-state index is 13.8. The summed E-state index contributed by atoms with van der Waals surface area (Å²) in [6.45, 7) is 8.38. The minimum absolute atomic E-state index is 0.224. The molecule has 0 aliphatic rings. The van der Waals surface area contributed by atoms with E-state index in [9.17, 15) is 9.50 Å². The molecule has 0 heterocycles. The lowest BCUT2D eigenvalue weighted by molar-refractivity contribution is 0.0300. The predicted octanol–water partition coefficient (Wildman–Crippen LogP) is 2.27. The number of nitrogens with one attached hydrogen (secondary N) is 1. The number of hydrogen-bond acceptors (Lipinski definition) is 4. The highest BCUT2D eigenvalue weighted by molar-refractivity contribution is 5.79. The quantitative estimate of drug-likeness (QED) is 0.489. The maximum absolute atomic E-state index is 13.8. The van der Waals surface area contributed by atoms with Crippen molar-refractivity contribution in [2.24, 2.45) is 10.9 Å². The van der Waals surface area contributed by atoms with Gasteiger partial charge < -0.3 is 24.8 Å². The van der Waals surface area contributed by atoms with Crippen LogP contribution in [0.4, 0.5) is 4.39 Å². The van der Waals surface area contributed by atoms with Crippen LogP contribution in [0.5, 0.6) is 5.75 Å². The van der Waals surface area contributed by atoms with Crippen LogP contribution < -0.4 is 10.1 Å². The smallest absolute Gasteiger partial charge is 0.194 e. The number of methoxy groups -OCH3 is 1. The van der Waals surface area contributed by atoms with E-state index in [0.717, 1.165) is 5.56 Å². The lowest BCUT2D eigenvalue weighted by Gasteiger charge is -2.23. The Labute approximate surface area is 156 Å². The Morgan fingerprint density at radius 3 is 2.65 bits per heavy atom. The second-order valence-electron chi connectivity index (χ2n) is 6.60. The molecule has 0 saturated carbocycles. The molecule has 6 nitrogen and oxygen atoms in total. The average molecular weight is 369 g/mol. The van der Waals surface area contributed by atoms with Gasteiger partial charge in [0, 0.05) is 26.7 Å². The Bertz CT molecular complexity index is 567. The Morgan fingerprint density at radius 1 is 1.35 bits per heavy atom. The van der Waals surface area contributed by atoms with Crippen LogP contribution in [0.25, 0.3) is 0 Å². The molecule has 1 rings (SSSR count). The largest absolute Gasteiger partial charge is 0.494 e. The van der Waals surface area contributed by atoms with Gasteiger partial charge in [-0.1, -0.05) is 19.9 Å². The zero-order valence-electron chi connectivity index (χ0n) is 16.5. The number of halogens is 1. The van der Waals surface area contributed by atoms with Gasteiger partial charge in [-0.05, 0) is 30.5 Å². The van der Waals surface area contributed by atoms with Crippen molar-refractivity contribution >= 4 is 5.96 Å². The zero-order valence-corrected chi connectivity index (χ0v) is 16.5. The molecule has 1 atom stereocenters. The molecule has 0 aliphatic carbocycles. The Hall–Kier alpha value is -1.86. The number of ether oxygens (including phenoxy) is 2. The van der Waals surface area contributed by atoms with Crippen molar-refractivity contribution in [2.45, 2.75) is 33.4 Å². The number of hydrogen-bond donors (Lipinski definition) is 2. The molecule has 7 heteroatoms. The fourth-order valence-electron chi connectivity index (χ4n) is 2.31. The molecular formula is C19H32FN3O3. The van der Waals surface area contributed by atoms with Crippen molar-refractivity contribution in [3.05, 3.63) is 29.6 Å². The van der Waals surface area contributed by atoms with Crippen LogP contribution in [-0.4, -0.2) is 62.5 Å². The van der Waals surface area contributed by atoms with Gasteiger partial charge in [0.15, 0.2) is 17.5 Å². The second kappa shape index (κ2) is 11.7. The van der Waals surface area contributed by atoms with Gasteiger partial charge in [-0.15, -0.1) is 0 Å². The third kappa shape index (κ3) is 8.01. The lowest BCUT2D eigenvalue weighted by Crippen LogP contribution is -2.39. The number of rotatable bonds is 10. The van der Waals surface area contributed by atoms with Crippen LogP contribution in [-0.2, 0) is 11.3 Å². The van der Waals surface area contributed by atoms with Gasteiger partial charge in [0.1, 0.15) is 0 Å². The summed E-state index contributed by atoms with van der Waals surface area (Å²) in [6, 6.07) is 4.88. The Balaban J connectivity index is 2.64. The summed E-state index contributed by atoms with van der Waals surface area (Å²) in [4.78, 5) is 6.33. The first kappa shape index (κ1) is 22.2. The number of aliphatic hydroxyl groups excluding tert-OH is 1. The van der Waals surface area contributed by atoms with Gasteiger partial charge in [0.05, 0.1) is 26.4 Å². The number of benzene rings is 1. The van der Waals surface area contributed by atoms with Crippen LogP contribution in [0, 0.1) is 11.7 Å². The summed E-state index contributed by atoms with van der Waals surface area (Å²) in [5, 5.41) is 13.2. The molecule has 0 saturated heterocycles. The van der Waals surface area contributed by atoms with Crippen molar-refractivity contribution < 1.29 is 19.0 Å². The van der Waals surface area contributed by atoms with Crippen molar-refractivity contribution in [1.82, 2.24) is 10.2 Å². The molecule has 0 amide bonds. The van der Waals surface area contributed by atoms with E-state index in [4.69, 9.17) is 9.47 Å². The second-order valence-corrected chi connectivity index (χ2v) is 6.60. The molecule has 0 aliphatic heterocycles. The van der Waals surface area contributed by atoms with E-state index < -0.39 is 11.9 Å². The van der Waals surface area contributed by atoms with E-state index in [0.29, 0.717) is 31.6 Å². The average Bonchev–Trinajstić information content (AvgIpc) is 2.58. The number of aliphatic imine (C=N–C) groups is 1. The third-order valence-corrected chi connectivity index (χ3v) is 3.55. The molecule has 0 bridgehead atoms.